The number of benzene rings is 1. The maximum atomic E-state index is 12.2. The average molecular weight is 328 g/mol. The van der Waals surface area contributed by atoms with E-state index in [-0.39, 0.29) is 12.3 Å². The fraction of sp³-hybridized carbons (Fsp3) is 0.375. The molecule has 1 aromatic carbocycles. The molecule has 0 bridgehead atoms. The Morgan fingerprint density at radius 3 is 2.88 bits per heavy atom. The van der Waals surface area contributed by atoms with Crippen molar-refractivity contribution in [2.75, 3.05) is 0 Å². The number of tetrazole rings is 1. The Hall–Kier alpha value is -2.90. The lowest BCUT2D eigenvalue weighted by molar-refractivity contribution is 0.292. The van der Waals surface area contributed by atoms with E-state index in [2.05, 4.69) is 15.4 Å². The number of para-hydroxylation sites is 1. The van der Waals surface area contributed by atoms with Gasteiger partial charge in [-0.05, 0) is 41.8 Å². The van der Waals surface area contributed by atoms with Crippen molar-refractivity contribution in [3.8, 4) is 11.6 Å². The number of nitrogens with zero attached hydrogens (tertiary/aromatic N) is 6. The van der Waals surface area contributed by atoms with Gasteiger partial charge in [0.1, 0.15) is 18.1 Å². The van der Waals surface area contributed by atoms with Crippen molar-refractivity contribution in [1.82, 2.24) is 29.3 Å². The Bertz CT molecular complexity index is 985. The molecular formula is C16H18N6O2. The molecule has 124 valence electrons. The van der Waals surface area contributed by atoms with E-state index in [0.717, 1.165) is 28.8 Å². The molecule has 8 nitrogen and oxygen atoms in total. The van der Waals surface area contributed by atoms with E-state index >= 15 is 0 Å². The number of ether oxygens (including phenoxy) is 1. The molecule has 8 heteroatoms. The SMILES string of the molecule is [3H]c1ccc(OCc2c(-n3nnn(C)c3=O)ncn2C2CC2)c(C)c1. The molecule has 1 aliphatic rings. The molecule has 1 saturated carbocycles. The van der Waals surface area contributed by atoms with Crippen LogP contribution < -0.4 is 10.4 Å². The van der Waals surface area contributed by atoms with Gasteiger partial charge >= 0.3 is 5.69 Å². The average Bonchev–Trinajstić information content (AvgIpc) is 3.27. The lowest BCUT2D eigenvalue weighted by Crippen LogP contribution is -2.23. The van der Waals surface area contributed by atoms with Gasteiger partial charge in [-0.15, -0.1) is 4.68 Å². The lowest BCUT2D eigenvalue weighted by Gasteiger charge is -2.12. The third kappa shape index (κ3) is 2.49. The molecule has 0 saturated heterocycles. The number of rotatable bonds is 5. The Kier molecular flexibility index (Phi) is 3.17. The van der Waals surface area contributed by atoms with Crippen molar-refractivity contribution in [3.63, 3.8) is 0 Å². The van der Waals surface area contributed by atoms with Crippen molar-refractivity contribution < 1.29 is 6.11 Å². The third-order valence-electron chi connectivity index (χ3n) is 4.12. The summed E-state index contributed by atoms with van der Waals surface area (Å²) in [6, 6.07) is 6.06. The number of aromatic nitrogens is 6. The molecular weight excluding hydrogens is 308 g/mol. The smallest absolute Gasteiger partial charge is 0.369 e. The van der Waals surface area contributed by atoms with E-state index in [9.17, 15) is 4.79 Å². The topological polar surface area (TPSA) is 79.8 Å². The van der Waals surface area contributed by atoms with Crippen LogP contribution in [0.15, 0.2) is 35.4 Å². The standard InChI is InChI=1S/C16H18N6O2/c1-11-5-3-4-6-14(11)24-9-13-15(17-10-21(13)12-7-8-12)22-16(23)20(2)18-19-22/h3-6,10,12H,7-9H2,1-2H3/i3T. The molecule has 1 fully saturated rings. The van der Waals surface area contributed by atoms with E-state index in [0.29, 0.717) is 23.7 Å². The van der Waals surface area contributed by atoms with Crippen LogP contribution in [-0.2, 0) is 13.7 Å². The Morgan fingerprint density at radius 2 is 2.21 bits per heavy atom. The summed E-state index contributed by atoms with van der Waals surface area (Å²) in [6.07, 6.45) is 3.90. The lowest BCUT2D eigenvalue weighted by atomic mass is 10.2. The van der Waals surface area contributed by atoms with Crippen LogP contribution in [0.25, 0.3) is 5.82 Å². The van der Waals surface area contributed by atoms with Crippen LogP contribution in [0.2, 0.25) is 0 Å². The molecule has 4 rings (SSSR count). The maximum absolute atomic E-state index is 12.2. The van der Waals surface area contributed by atoms with E-state index < -0.39 is 0 Å². The third-order valence-corrected chi connectivity index (χ3v) is 4.12. The largest absolute Gasteiger partial charge is 0.487 e. The minimum atomic E-state index is -0.350. The van der Waals surface area contributed by atoms with Gasteiger partial charge in [0, 0.05) is 13.1 Å². The van der Waals surface area contributed by atoms with Crippen LogP contribution in [0, 0.1) is 6.92 Å². The minimum absolute atomic E-state index is 0.257. The zero-order valence-corrected chi connectivity index (χ0v) is 13.5. The molecule has 3 aromatic rings. The normalized spacial score (nSPS) is 14.7. The van der Waals surface area contributed by atoms with Crippen molar-refractivity contribution >= 4 is 0 Å². The molecule has 2 aromatic heterocycles. The van der Waals surface area contributed by atoms with Crippen LogP contribution in [0.3, 0.4) is 0 Å². The number of imidazole rings is 1. The summed E-state index contributed by atoms with van der Waals surface area (Å²) in [5.41, 5.74) is 1.33. The van der Waals surface area contributed by atoms with Gasteiger partial charge in [0.15, 0.2) is 5.82 Å². The summed E-state index contributed by atoms with van der Waals surface area (Å²) < 4.78 is 18.0. The van der Waals surface area contributed by atoms with Gasteiger partial charge in [-0.1, -0.05) is 18.2 Å². The minimum Gasteiger partial charge on any atom is -0.487 e. The highest BCUT2D eigenvalue weighted by Gasteiger charge is 2.29. The van der Waals surface area contributed by atoms with E-state index in [1.54, 1.807) is 31.6 Å². The highest BCUT2D eigenvalue weighted by atomic mass is 16.5. The first-order valence-electron chi connectivity index (χ1n) is 8.29. The van der Waals surface area contributed by atoms with Crippen LogP contribution in [-0.4, -0.2) is 29.3 Å². The van der Waals surface area contributed by atoms with Crippen LogP contribution in [0.5, 0.6) is 5.75 Å². The second-order valence-corrected chi connectivity index (χ2v) is 5.93. The molecule has 0 aliphatic heterocycles. The zero-order chi connectivity index (χ0) is 17.6. The van der Waals surface area contributed by atoms with Crippen LogP contribution in [0.1, 0.15) is 31.5 Å². The van der Waals surface area contributed by atoms with Crippen molar-refractivity contribution in [3.05, 3.63) is 52.3 Å². The fourth-order valence-corrected chi connectivity index (χ4v) is 2.61. The van der Waals surface area contributed by atoms with E-state index in [1.165, 1.54) is 4.68 Å². The second kappa shape index (κ2) is 5.63. The number of hydrogen-bond donors (Lipinski definition) is 0. The maximum Gasteiger partial charge on any atom is 0.369 e. The summed E-state index contributed by atoms with van der Waals surface area (Å²) in [5.74, 6) is 1.15. The predicted molar refractivity (Wildman–Crippen MR) is 86.2 cm³/mol. The number of aryl methyl sites for hydroxylation is 2. The first kappa shape index (κ1) is 13.5. The van der Waals surface area contributed by atoms with Crippen molar-refractivity contribution in [2.24, 2.45) is 7.05 Å². The first-order chi connectivity index (χ1) is 12.0. The Labute approximate surface area is 139 Å². The highest BCUT2D eigenvalue weighted by molar-refractivity contribution is 5.33. The van der Waals surface area contributed by atoms with Gasteiger partial charge in [0.25, 0.3) is 0 Å². The fourth-order valence-electron chi connectivity index (χ4n) is 2.61. The molecule has 0 atom stereocenters. The second-order valence-electron chi connectivity index (χ2n) is 5.93. The number of hydrogen-bond acceptors (Lipinski definition) is 5. The molecule has 24 heavy (non-hydrogen) atoms. The van der Waals surface area contributed by atoms with Gasteiger partial charge in [-0.25, -0.2) is 9.78 Å². The highest BCUT2D eigenvalue weighted by Crippen LogP contribution is 2.37. The Morgan fingerprint density at radius 1 is 1.38 bits per heavy atom. The summed E-state index contributed by atoms with van der Waals surface area (Å²) in [7, 11) is 1.55. The monoisotopic (exact) mass is 328 g/mol. The summed E-state index contributed by atoms with van der Waals surface area (Å²) in [6.45, 7) is 2.16. The Balaban J connectivity index is 1.69. The van der Waals surface area contributed by atoms with Crippen LogP contribution in [0.4, 0.5) is 0 Å². The summed E-state index contributed by atoms with van der Waals surface area (Å²) >= 11 is 0. The van der Waals surface area contributed by atoms with E-state index in [4.69, 9.17) is 6.11 Å². The van der Waals surface area contributed by atoms with Gasteiger partial charge in [0.05, 0.1) is 7.70 Å². The molecule has 1 aliphatic carbocycles. The van der Waals surface area contributed by atoms with Crippen molar-refractivity contribution in [2.45, 2.75) is 32.4 Å². The first-order valence-corrected chi connectivity index (χ1v) is 7.79. The molecule has 0 radical (unpaired) electrons. The molecule has 0 N–H and O–H groups in total. The molecule has 2 heterocycles. The zero-order valence-electron chi connectivity index (χ0n) is 14.5. The quantitative estimate of drug-likeness (QED) is 0.707. The van der Waals surface area contributed by atoms with Crippen molar-refractivity contribution in [1.29, 1.82) is 0 Å². The van der Waals surface area contributed by atoms with Crippen LogP contribution >= 0.6 is 0 Å². The van der Waals surface area contributed by atoms with Gasteiger partial charge in [-0.2, -0.15) is 4.68 Å². The predicted octanol–water partition coefficient (Wildman–Crippen LogP) is 1.38. The van der Waals surface area contributed by atoms with Gasteiger partial charge in [-0.3, -0.25) is 0 Å². The molecule has 0 unspecified atom stereocenters. The molecule has 0 amide bonds. The summed E-state index contributed by atoms with van der Waals surface area (Å²) in [5, 5.41) is 7.64. The molecule has 0 spiro atoms. The van der Waals surface area contributed by atoms with E-state index in [1.807, 2.05) is 11.5 Å². The summed E-state index contributed by atoms with van der Waals surface area (Å²) in [4.78, 5) is 16.5. The van der Waals surface area contributed by atoms with Gasteiger partial charge in [0.2, 0.25) is 0 Å². The van der Waals surface area contributed by atoms with Gasteiger partial charge < -0.3 is 9.30 Å².